The highest BCUT2D eigenvalue weighted by Gasteiger charge is 2.26. The lowest BCUT2D eigenvalue weighted by Crippen LogP contribution is -2.09. The van der Waals surface area contributed by atoms with Crippen LogP contribution in [0.5, 0.6) is 0 Å². The summed E-state index contributed by atoms with van der Waals surface area (Å²) in [6.45, 7) is 13.9. The van der Waals surface area contributed by atoms with Gasteiger partial charge in [-0.2, -0.15) is 0 Å². The molecular formula is C48H76N2. The fourth-order valence-corrected chi connectivity index (χ4v) is 7.97. The first-order chi connectivity index (χ1) is 24.5. The second-order valence-corrected chi connectivity index (χ2v) is 15.4. The quantitative estimate of drug-likeness (QED) is 0.0631. The molecule has 2 aromatic rings. The van der Waals surface area contributed by atoms with Crippen molar-refractivity contribution in [3.8, 4) is 0 Å². The second kappa shape index (κ2) is 24.7. The molecular weight excluding hydrogens is 605 g/mol. The van der Waals surface area contributed by atoms with Crippen molar-refractivity contribution in [1.82, 2.24) is 0 Å². The van der Waals surface area contributed by atoms with Gasteiger partial charge >= 0.3 is 0 Å². The monoisotopic (exact) mass is 681 g/mol. The van der Waals surface area contributed by atoms with Gasteiger partial charge in [-0.05, 0) is 135 Å². The molecule has 1 aliphatic heterocycles. The van der Waals surface area contributed by atoms with Crippen LogP contribution in [0.1, 0.15) is 214 Å². The summed E-state index contributed by atoms with van der Waals surface area (Å²) in [5, 5.41) is 0. The summed E-state index contributed by atoms with van der Waals surface area (Å²) in [6, 6.07) is 9.80. The van der Waals surface area contributed by atoms with Gasteiger partial charge in [-0.25, -0.2) is 4.70 Å². The maximum atomic E-state index is 12.0. The van der Waals surface area contributed by atoms with Crippen LogP contribution in [-0.2, 0) is 38.5 Å². The minimum Gasteiger partial charge on any atom is -0.493 e. The molecule has 0 aliphatic carbocycles. The van der Waals surface area contributed by atoms with E-state index < -0.39 is 0 Å². The lowest BCUT2D eigenvalue weighted by Gasteiger charge is -2.20. The van der Waals surface area contributed by atoms with E-state index in [0.717, 1.165) is 37.1 Å². The van der Waals surface area contributed by atoms with Crippen LogP contribution in [0.25, 0.3) is 16.9 Å². The highest BCUT2D eigenvalue weighted by molar-refractivity contribution is 5.76. The lowest BCUT2D eigenvalue weighted by atomic mass is 9.87. The summed E-state index contributed by atoms with van der Waals surface area (Å²) >= 11 is 0. The van der Waals surface area contributed by atoms with Crippen molar-refractivity contribution in [2.24, 2.45) is 0 Å². The molecule has 2 aromatic carbocycles. The van der Waals surface area contributed by atoms with Gasteiger partial charge in [-0.15, -0.1) is 0 Å². The maximum Gasteiger partial charge on any atom is 0.207 e. The van der Waals surface area contributed by atoms with Gasteiger partial charge in [-0.1, -0.05) is 131 Å². The first-order valence-corrected chi connectivity index (χ1v) is 21.7. The molecule has 0 spiro atoms. The highest BCUT2D eigenvalue weighted by Crippen LogP contribution is 2.36. The van der Waals surface area contributed by atoms with Crippen molar-refractivity contribution < 1.29 is 4.70 Å². The Labute approximate surface area is 310 Å². The van der Waals surface area contributed by atoms with Gasteiger partial charge < -0.3 is 5.53 Å². The summed E-state index contributed by atoms with van der Waals surface area (Å²) in [4.78, 5) is 0. The summed E-state index contributed by atoms with van der Waals surface area (Å²) in [5.41, 5.74) is 25.6. The number of nitrogens with zero attached hydrogens (tertiary/aromatic N) is 2. The zero-order valence-corrected chi connectivity index (χ0v) is 33.7. The molecule has 0 atom stereocenters. The largest absolute Gasteiger partial charge is 0.493 e. The topological polar surface area (TPSA) is 25.3 Å². The molecule has 1 heterocycles. The zero-order chi connectivity index (χ0) is 36.0. The van der Waals surface area contributed by atoms with Gasteiger partial charge in [0.1, 0.15) is 0 Å². The van der Waals surface area contributed by atoms with Gasteiger partial charge in [0.2, 0.25) is 11.4 Å². The molecule has 0 unspecified atom stereocenters. The number of hydrogen-bond donors (Lipinski definition) is 0. The van der Waals surface area contributed by atoms with Crippen molar-refractivity contribution in [2.75, 3.05) is 0 Å². The smallest absolute Gasteiger partial charge is 0.207 e. The lowest BCUT2D eigenvalue weighted by molar-refractivity contribution is -0.344. The molecule has 0 aromatic heterocycles. The minimum atomic E-state index is 0.940. The SMILES string of the molecule is CCCCCCc1cc(C2=CC=C(c3cc(CCCCCC)c(CCCC)c(CCCCCC)c3)[N+]2=[N-])cc(CCCCCC)c1CCCC. The molecule has 2 nitrogen and oxygen atoms in total. The van der Waals surface area contributed by atoms with E-state index >= 15 is 0 Å². The van der Waals surface area contributed by atoms with Gasteiger partial charge in [0.15, 0.2) is 0 Å². The maximum absolute atomic E-state index is 12.0. The van der Waals surface area contributed by atoms with E-state index in [4.69, 9.17) is 0 Å². The Balaban J connectivity index is 2.00. The van der Waals surface area contributed by atoms with Crippen LogP contribution in [0.3, 0.4) is 0 Å². The molecule has 278 valence electrons. The number of hydrogen-bond acceptors (Lipinski definition) is 0. The average molecular weight is 681 g/mol. The van der Waals surface area contributed by atoms with Crippen molar-refractivity contribution in [3.63, 3.8) is 0 Å². The molecule has 0 fully saturated rings. The van der Waals surface area contributed by atoms with Crippen molar-refractivity contribution in [2.45, 2.75) is 208 Å². The van der Waals surface area contributed by atoms with Crippen molar-refractivity contribution >= 4 is 11.4 Å². The van der Waals surface area contributed by atoms with E-state index in [1.807, 2.05) is 0 Å². The number of allylic oxidation sites excluding steroid dienone is 2. The van der Waals surface area contributed by atoms with E-state index in [9.17, 15) is 5.53 Å². The summed E-state index contributed by atoms with van der Waals surface area (Å²) in [5.74, 6) is 0. The van der Waals surface area contributed by atoms with Crippen LogP contribution in [0, 0.1) is 0 Å². The third-order valence-electron chi connectivity index (χ3n) is 11.1. The average Bonchev–Trinajstić information content (AvgIpc) is 3.51. The Bertz CT molecular complexity index is 1170. The molecule has 0 amide bonds. The molecule has 50 heavy (non-hydrogen) atoms. The van der Waals surface area contributed by atoms with Crippen molar-refractivity contribution in [1.29, 1.82) is 0 Å². The van der Waals surface area contributed by atoms with Crippen LogP contribution in [0.2, 0.25) is 0 Å². The van der Waals surface area contributed by atoms with Crippen LogP contribution < -0.4 is 0 Å². The van der Waals surface area contributed by atoms with Crippen molar-refractivity contribution in [3.05, 3.63) is 86.5 Å². The third kappa shape index (κ3) is 13.2. The third-order valence-corrected chi connectivity index (χ3v) is 11.1. The Morgan fingerprint density at radius 3 is 0.900 bits per heavy atom. The summed E-state index contributed by atoms with van der Waals surface area (Å²) in [6.07, 6.45) is 36.8. The first-order valence-electron chi connectivity index (χ1n) is 21.7. The number of aryl methyl sites for hydroxylation is 4. The Hall–Kier alpha value is -2.48. The molecule has 2 heteroatoms. The standard InChI is InChI=1S/C48H76N2/c1-7-13-19-23-27-39-35-43(36-40(28-24-20-14-8-2)45(39)31-17-11-5)47-33-34-48(50(47)49)44-37-41(29-25-21-15-9-3)46(32-18-12-6)42(38-44)30-26-22-16-10-4/h33-38H,7-32H2,1-6H3. The minimum absolute atomic E-state index is 0.940. The molecule has 3 rings (SSSR count). The molecule has 0 saturated heterocycles. The predicted octanol–water partition coefficient (Wildman–Crippen LogP) is 15.3. The van der Waals surface area contributed by atoms with Crippen LogP contribution in [0.15, 0.2) is 36.4 Å². The van der Waals surface area contributed by atoms with E-state index in [0.29, 0.717) is 0 Å². The van der Waals surface area contributed by atoms with Crippen LogP contribution in [0.4, 0.5) is 0 Å². The summed E-state index contributed by atoms with van der Waals surface area (Å²) in [7, 11) is 0. The number of unbranched alkanes of at least 4 members (excludes halogenated alkanes) is 14. The Kier molecular flexibility index (Phi) is 20.7. The fraction of sp³-hybridized carbons (Fsp3) is 0.667. The molecule has 0 N–H and O–H groups in total. The molecule has 0 radical (unpaired) electrons. The highest BCUT2D eigenvalue weighted by atomic mass is 15.2. The summed E-state index contributed by atoms with van der Waals surface area (Å²) < 4.78 is 1.53. The second-order valence-electron chi connectivity index (χ2n) is 15.4. The van der Waals surface area contributed by atoms with Gasteiger partial charge in [0.05, 0.1) is 0 Å². The Morgan fingerprint density at radius 2 is 0.640 bits per heavy atom. The van der Waals surface area contributed by atoms with Gasteiger partial charge in [0.25, 0.3) is 0 Å². The van der Waals surface area contributed by atoms with E-state index in [2.05, 4.69) is 78.0 Å². The molecule has 0 bridgehead atoms. The first kappa shape index (κ1) is 41.9. The van der Waals surface area contributed by atoms with Crippen LogP contribution >= 0.6 is 0 Å². The molecule has 1 aliphatic rings. The predicted molar refractivity (Wildman–Crippen MR) is 221 cm³/mol. The van der Waals surface area contributed by atoms with E-state index in [1.54, 1.807) is 11.1 Å². The Morgan fingerprint density at radius 1 is 0.360 bits per heavy atom. The molecule has 0 saturated carbocycles. The normalized spacial score (nSPS) is 13.0. The van der Waals surface area contributed by atoms with Crippen LogP contribution in [-0.4, -0.2) is 4.70 Å². The van der Waals surface area contributed by atoms with E-state index in [1.165, 1.54) is 179 Å². The van der Waals surface area contributed by atoms with Gasteiger partial charge in [-0.3, -0.25) is 0 Å². The fourth-order valence-electron chi connectivity index (χ4n) is 7.97. The zero-order valence-electron chi connectivity index (χ0n) is 33.7. The van der Waals surface area contributed by atoms with E-state index in [-0.39, 0.29) is 0 Å². The number of rotatable bonds is 28. The number of benzene rings is 2. The van der Waals surface area contributed by atoms with Gasteiger partial charge in [0, 0.05) is 23.3 Å².